The average Bonchev–Trinajstić information content (AvgIpc) is 2.76. The Morgan fingerprint density at radius 2 is 1.66 bits per heavy atom. The smallest absolute Gasteiger partial charge is 0.332 e. The van der Waals surface area contributed by atoms with E-state index in [0.717, 1.165) is 15.5 Å². The molecular weight excluding hydrogens is 390 g/mol. The van der Waals surface area contributed by atoms with Crippen molar-refractivity contribution in [3.8, 4) is 17.2 Å². The number of hydrogen-bond acceptors (Lipinski definition) is 6. The number of ether oxygens (including phenoxy) is 3. The van der Waals surface area contributed by atoms with Crippen molar-refractivity contribution in [1.82, 2.24) is 4.98 Å². The fourth-order valence-corrected chi connectivity index (χ4v) is 4.16. The predicted molar refractivity (Wildman–Crippen MR) is 112 cm³/mol. The quantitative estimate of drug-likeness (QED) is 0.658. The van der Waals surface area contributed by atoms with Gasteiger partial charge in [0.05, 0.1) is 37.6 Å². The molecule has 2 amide bonds. The molecule has 1 aliphatic rings. The SMILES string of the molecule is COc1cc(NC(=O)N2c3ccccc3Sc3cccnc32)cc(OC)c1OC. The maximum atomic E-state index is 13.3. The zero-order valence-corrected chi connectivity index (χ0v) is 16.9. The normalized spacial score (nSPS) is 11.9. The molecule has 1 N–H and O–H groups in total. The predicted octanol–water partition coefficient (Wildman–Crippen LogP) is 4.94. The van der Waals surface area contributed by atoms with Gasteiger partial charge < -0.3 is 19.5 Å². The van der Waals surface area contributed by atoms with Crippen molar-refractivity contribution in [2.75, 3.05) is 31.5 Å². The van der Waals surface area contributed by atoms with Gasteiger partial charge in [0.15, 0.2) is 17.3 Å². The van der Waals surface area contributed by atoms with E-state index in [1.807, 2.05) is 36.4 Å². The summed E-state index contributed by atoms with van der Waals surface area (Å²) in [6, 6.07) is 14.6. The molecule has 1 aromatic heterocycles. The molecule has 3 aromatic rings. The Bertz CT molecular complexity index is 1000. The molecule has 0 saturated carbocycles. The molecular formula is C21H19N3O4S. The van der Waals surface area contributed by atoms with E-state index >= 15 is 0 Å². The van der Waals surface area contributed by atoms with Crippen LogP contribution in [0.2, 0.25) is 0 Å². The lowest BCUT2D eigenvalue weighted by atomic mass is 10.2. The topological polar surface area (TPSA) is 72.9 Å². The van der Waals surface area contributed by atoms with Crippen LogP contribution in [0.3, 0.4) is 0 Å². The average molecular weight is 409 g/mol. The van der Waals surface area contributed by atoms with Gasteiger partial charge in [0.25, 0.3) is 0 Å². The highest BCUT2D eigenvalue weighted by molar-refractivity contribution is 7.99. The number of benzene rings is 2. The molecule has 0 radical (unpaired) electrons. The van der Waals surface area contributed by atoms with E-state index < -0.39 is 0 Å². The van der Waals surface area contributed by atoms with Crippen molar-refractivity contribution in [3.63, 3.8) is 0 Å². The molecule has 148 valence electrons. The Kier molecular flexibility index (Phi) is 5.18. The highest BCUT2D eigenvalue weighted by Gasteiger charge is 2.29. The van der Waals surface area contributed by atoms with Crippen LogP contribution >= 0.6 is 11.8 Å². The number of pyridine rings is 1. The van der Waals surface area contributed by atoms with Crippen LogP contribution in [-0.2, 0) is 0 Å². The summed E-state index contributed by atoms with van der Waals surface area (Å²) >= 11 is 1.59. The Labute approximate surface area is 172 Å². The van der Waals surface area contributed by atoms with E-state index in [1.165, 1.54) is 21.3 Å². The van der Waals surface area contributed by atoms with E-state index in [9.17, 15) is 4.79 Å². The number of fused-ring (bicyclic) bond motifs is 2. The number of rotatable bonds is 4. The summed E-state index contributed by atoms with van der Waals surface area (Å²) in [5.41, 5.74) is 1.28. The zero-order valence-electron chi connectivity index (χ0n) is 16.1. The second-order valence-corrected chi connectivity index (χ2v) is 7.16. The number of nitrogens with zero attached hydrogens (tertiary/aromatic N) is 2. The van der Waals surface area contributed by atoms with Crippen molar-refractivity contribution in [1.29, 1.82) is 0 Å². The Balaban J connectivity index is 1.73. The zero-order chi connectivity index (χ0) is 20.4. The van der Waals surface area contributed by atoms with Crippen molar-refractivity contribution >= 4 is 35.0 Å². The first kappa shape index (κ1) is 18.9. The summed E-state index contributed by atoms with van der Waals surface area (Å²) in [4.78, 5) is 21.2. The molecule has 0 fully saturated rings. The highest BCUT2D eigenvalue weighted by atomic mass is 32.2. The minimum absolute atomic E-state index is 0.341. The van der Waals surface area contributed by atoms with Crippen LogP contribution < -0.4 is 24.4 Å². The van der Waals surface area contributed by atoms with Crippen LogP contribution in [0.5, 0.6) is 17.2 Å². The molecule has 2 aromatic carbocycles. The van der Waals surface area contributed by atoms with E-state index in [0.29, 0.717) is 28.8 Å². The molecule has 8 heteroatoms. The lowest BCUT2D eigenvalue weighted by Gasteiger charge is -2.29. The van der Waals surface area contributed by atoms with Gasteiger partial charge in [-0.15, -0.1) is 0 Å². The van der Waals surface area contributed by atoms with Gasteiger partial charge in [0, 0.05) is 23.2 Å². The molecule has 0 bridgehead atoms. The molecule has 0 atom stereocenters. The number of nitrogens with one attached hydrogen (secondary N) is 1. The summed E-state index contributed by atoms with van der Waals surface area (Å²) < 4.78 is 16.1. The van der Waals surface area contributed by atoms with Crippen molar-refractivity contribution in [2.24, 2.45) is 0 Å². The van der Waals surface area contributed by atoms with Gasteiger partial charge in [-0.1, -0.05) is 23.9 Å². The number of carbonyl (C=O) groups excluding carboxylic acids is 1. The highest BCUT2D eigenvalue weighted by Crippen LogP contribution is 2.47. The standard InChI is InChI=1S/C21H19N3O4S/c1-26-15-11-13(12-16(27-2)19(15)28-3)23-21(25)24-14-7-4-5-8-17(14)29-18-9-6-10-22-20(18)24/h4-12H,1-3H3,(H,23,25). The van der Waals surface area contributed by atoms with Gasteiger partial charge in [0.2, 0.25) is 5.75 Å². The minimum atomic E-state index is -0.341. The van der Waals surface area contributed by atoms with E-state index in [1.54, 1.807) is 35.0 Å². The number of carbonyl (C=O) groups is 1. The summed E-state index contributed by atoms with van der Waals surface area (Å²) in [5.74, 6) is 1.95. The molecule has 4 rings (SSSR count). The molecule has 0 aliphatic carbocycles. The van der Waals surface area contributed by atoms with Gasteiger partial charge >= 0.3 is 6.03 Å². The van der Waals surface area contributed by atoms with Crippen LogP contribution in [0.25, 0.3) is 0 Å². The van der Waals surface area contributed by atoms with Crippen molar-refractivity contribution in [2.45, 2.75) is 9.79 Å². The summed E-state index contributed by atoms with van der Waals surface area (Å²) in [7, 11) is 4.59. The van der Waals surface area contributed by atoms with Gasteiger partial charge in [-0.25, -0.2) is 14.7 Å². The number of urea groups is 1. The maximum Gasteiger partial charge on any atom is 0.332 e. The maximum absolute atomic E-state index is 13.3. The van der Waals surface area contributed by atoms with E-state index in [2.05, 4.69) is 10.3 Å². The Morgan fingerprint density at radius 3 is 2.34 bits per heavy atom. The van der Waals surface area contributed by atoms with Crippen LogP contribution in [0.4, 0.5) is 22.0 Å². The number of methoxy groups -OCH3 is 3. The largest absolute Gasteiger partial charge is 0.493 e. The van der Waals surface area contributed by atoms with E-state index in [4.69, 9.17) is 14.2 Å². The number of amides is 2. The first-order chi connectivity index (χ1) is 14.2. The van der Waals surface area contributed by atoms with Crippen LogP contribution in [0.15, 0.2) is 64.5 Å². The summed E-state index contributed by atoms with van der Waals surface area (Å²) in [6.07, 6.45) is 1.67. The van der Waals surface area contributed by atoms with Gasteiger partial charge in [-0.3, -0.25) is 0 Å². The molecule has 2 heterocycles. The van der Waals surface area contributed by atoms with Crippen LogP contribution in [0, 0.1) is 0 Å². The molecule has 0 saturated heterocycles. The fraction of sp³-hybridized carbons (Fsp3) is 0.143. The minimum Gasteiger partial charge on any atom is -0.493 e. The third-order valence-electron chi connectivity index (χ3n) is 4.41. The summed E-state index contributed by atoms with van der Waals surface area (Å²) in [6.45, 7) is 0. The second kappa shape index (κ2) is 7.92. The molecule has 29 heavy (non-hydrogen) atoms. The van der Waals surface area contributed by atoms with E-state index in [-0.39, 0.29) is 6.03 Å². The summed E-state index contributed by atoms with van der Waals surface area (Å²) in [5, 5.41) is 2.92. The number of aromatic nitrogens is 1. The lowest BCUT2D eigenvalue weighted by molar-refractivity contribution is 0.258. The third kappa shape index (κ3) is 3.42. The molecule has 7 nitrogen and oxygen atoms in total. The Hall–Kier alpha value is -3.39. The third-order valence-corrected chi connectivity index (χ3v) is 5.51. The van der Waals surface area contributed by atoms with Crippen LogP contribution in [0.1, 0.15) is 0 Å². The van der Waals surface area contributed by atoms with Gasteiger partial charge in [-0.05, 0) is 24.3 Å². The molecule has 0 spiro atoms. The van der Waals surface area contributed by atoms with Gasteiger partial charge in [-0.2, -0.15) is 0 Å². The lowest BCUT2D eigenvalue weighted by Crippen LogP contribution is -2.33. The first-order valence-corrected chi connectivity index (χ1v) is 9.61. The second-order valence-electron chi connectivity index (χ2n) is 6.07. The number of para-hydroxylation sites is 1. The number of hydrogen-bond donors (Lipinski definition) is 1. The van der Waals surface area contributed by atoms with Crippen LogP contribution in [-0.4, -0.2) is 32.3 Å². The van der Waals surface area contributed by atoms with Gasteiger partial charge in [0.1, 0.15) is 0 Å². The van der Waals surface area contributed by atoms with Crippen molar-refractivity contribution in [3.05, 3.63) is 54.7 Å². The number of anilines is 3. The molecule has 1 aliphatic heterocycles. The molecule has 0 unspecified atom stereocenters. The van der Waals surface area contributed by atoms with Crippen molar-refractivity contribution < 1.29 is 19.0 Å². The fourth-order valence-electron chi connectivity index (χ4n) is 3.13. The Morgan fingerprint density at radius 1 is 0.966 bits per heavy atom. The monoisotopic (exact) mass is 409 g/mol. The first-order valence-electron chi connectivity index (χ1n) is 8.79.